The largest absolute Gasteiger partial charge is 0.479 e. The third kappa shape index (κ3) is 2.34. The number of nitrogen functional groups attached to an aromatic ring is 1. The Balaban J connectivity index is 1.80. The molecular weight excluding hydrogens is 433 g/mol. The van der Waals surface area contributed by atoms with Crippen LogP contribution < -0.4 is 5.73 Å². The fourth-order valence-corrected chi connectivity index (χ4v) is 3.58. The first-order chi connectivity index (χ1) is 11.3. The molecule has 3 N–H and O–H groups in total. The van der Waals surface area contributed by atoms with Crippen molar-refractivity contribution in [2.45, 2.75) is 44.2 Å². The van der Waals surface area contributed by atoms with Gasteiger partial charge in [-0.25, -0.2) is 19.7 Å². The molecule has 24 heavy (non-hydrogen) atoms. The monoisotopic (exact) mass is 447 g/mol. The number of rotatable bonds is 2. The Morgan fingerprint density at radius 2 is 2.08 bits per heavy atom. The highest BCUT2D eigenvalue weighted by molar-refractivity contribution is 14.1. The van der Waals surface area contributed by atoms with Crippen molar-refractivity contribution in [3.8, 4) is 0 Å². The van der Waals surface area contributed by atoms with E-state index in [0.717, 1.165) is 0 Å². The van der Waals surface area contributed by atoms with Gasteiger partial charge in [0, 0.05) is 22.6 Å². The fourth-order valence-electron chi connectivity index (χ4n) is 3.10. The van der Waals surface area contributed by atoms with Gasteiger partial charge in [0.2, 0.25) is 0 Å². The van der Waals surface area contributed by atoms with E-state index < -0.39 is 36.3 Å². The Bertz CT molecular complexity index is 840. The molecule has 11 heteroatoms. The van der Waals surface area contributed by atoms with Crippen LogP contribution in [0.3, 0.4) is 0 Å². The van der Waals surface area contributed by atoms with E-state index in [1.165, 1.54) is 6.33 Å². The predicted molar refractivity (Wildman–Crippen MR) is 87.8 cm³/mol. The second kappa shape index (κ2) is 5.21. The summed E-state index contributed by atoms with van der Waals surface area (Å²) in [4.78, 5) is 24.1. The van der Waals surface area contributed by atoms with Crippen LogP contribution in [0.2, 0.25) is 0 Å². The molecule has 0 spiro atoms. The second-order valence-electron chi connectivity index (χ2n) is 6.05. The number of carboxylic acids is 1. The normalized spacial score (nSPS) is 31.5. The number of nitrogens with two attached hydrogens (primary N) is 1. The first-order valence-electron chi connectivity index (χ1n) is 7.16. The summed E-state index contributed by atoms with van der Waals surface area (Å²) >= 11 is 1.95. The maximum Gasteiger partial charge on any atom is 0.335 e. The van der Waals surface area contributed by atoms with Crippen molar-refractivity contribution in [1.82, 2.24) is 19.5 Å². The molecule has 2 fully saturated rings. The van der Waals surface area contributed by atoms with Crippen molar-refractivity contribution in [2.75, 3.05) is 5.73 Å². The lowest BCUT2D eigenvalue weighted by Crippen LogP contribution is -2.35. The van der Waals surface area contributed by atoms with Crippen molar-refractivity contribution >= 4 is 45.5 Å². The van der Waals surface area contributed by atoms with E-state index in [-0.39, 0.29) is 5.82 Å². The topological polar surface area (TPSA) is 135 Å². The van der Waals surface area contributed by atoms with Gasteiger partial charge in [-0.15, -0.1) is 0 Å². The van der Waals surface area contributed by atoms with E-state index in [1.807, 2.05) is 22.6 Å². The second-order valence-corrected chi connectivity index (χ2v) is 7.02. The minimum atomic E-state index is -1.14. The number of carbonyl (C=O) groups is 1. The van der Waals surface area contributed by atoms with Gasteiger partial charge < -0.3 is 25.1 Å². The molecule has 1 unspecified atom stereocenters. The first kappa shape index (κ1) is 15.9. The summed E-state index contributed by atoms with van der Waals surface area (Å²) in [5.41, 5.74) is 6.75. The zero-order chi connectivity index (χ0) is 17.2. The van der Waals surface area contributed by atoms with E-state index in [2.05, 4.69) is 15.0 Å². The summed E-state index contributed by atoms with van der Waals surface area (Å²) in [7, 11) is 0. The van der Waals surface area contributed by atoms with Crippen LogP contribution in [0.25, 0.3) is 11.2 Å². The van der Waals surface area contributed by atoms with Crippen LogP contribution in [0.5, 0.6) is 0 Å². The molecule has 0 radical (unpaired) electrons. The molecule has 2 aromatic rings. The van der Waals surface area contributed by atoms with Gasteiger partial charge >= 0.3 is 5.97 Å². The van der Waals surface area contributed by atoms with Crippen molar-refractivity contribution in [1.29, 1.82) is 0 Å². The Labute approximate surface area is 149 Å². The first-order valence-corrected chi connectivity index (χ1v) is 8.24. The number of imidazole rings is 1. The summed E-state index contributed by atoms with van der Waals surface area (Å²) in [6, 6.07) is 0. The van der Waals surface area contributed by atoms with Crippen LogP contribution in [0.4, 0.5) is 5.82 Å². The molecule has 4 heterocycles. The molecule has 2 aliphatic heterocycles. The third-order valence-corrected chi connectivity index (χ3v) is 4.45. The van der Waals surface area contributed by atoms with Gasteiger partial charge in [-0.05, 0) is 13.8 Å². The molecule has 128 valence electrons. The molecule has 10 nitrogen and oxygen atoms in total. The standard InChI is InChI=1S/C13H14IN5O5/c1-13(2)23-5-6(24-13)10(22-7(5)11(20)21)19-3-16-4-8(15)17-12(14)18-9(4)19/h3,5-7,10H,1-2H3,(H,20,21)(H2,15,17,18)/t5-,6-,7?,10-/m1/s1. The number of carboxylic acid groups (broad SMARTS) is 1. The number of aliphatic carboxylic acids is 1. The molecule has 2 saturated heterocycles. The number of hydrogen-bond acceptors (Lipinski definition) is 8. The number of aromatic nitrogens is 4. The number of hydrogen-bond donors (Lipinski definition) is 2. The van der Waals surface area contributed by atoms with Crippen LogP contribution in [0.15, 0.2) is 6.33 Å². The quantitative estimate of drug-likeness (QED) is 0.499. The zero-order valence-corrected chi connectivity index (χ0v) is 14.9. The summed E-state index contributed by atoms with van der Waals surface area (Å²) in [5.74, 6) is -1.76. The molecule has 0 aliphatic carbocycles. The molecule has 2 aliphatic rings. The number of fused-ring (bicyclic) bond motifs is 2. The fraction of sp³-hybridized carbons (Fsp3) is 0.538. The lowest BCUT2D eigenvalue weighted by atomic mass is 10.1. The average Bonchev–Trinajstić information content (AvgIpc) is 3.09. The van der Waals surface area contributed by atoms with Gasteiger partial charge in [0.1, 0.15) is 17.7 Å². The van der Waals surface area contributed by atoms with E-state index in [4.69, 9.17) is 19.9 Å². The Morgan fingerprint density at radius 3 is 2.79 bits per heavy atom. The lowest BCUT2D eigenvalue weighted by Gasteiger charge is -2.23. The highest BCUT2D eigenvalue weighted by Gasteiger charge is 2.58. The predicted octanol–water partition coefficient (Wildman–Crippen LogP) is 0.515. The number of nitrogens with zero attached hydrogens (tertiary/aromatic N) is 4. The number of ether oxygens (including phenoxy) is 3. The van der Waals surface area contributed by atoms with Crippen LogP contribution in [-0.4, -0.2) is 54.7 Å². The molecule has 0 bridgehead atoms. The molecule has 2 aromatic heterocycles. The zero-order valence-electron chi connectivity index (χ0n) is 12.7. The van der Waals surface area contributed by atoms with Crippen molar-refractivity contribution in [3.63, 3.8) is 0 Å². The summed E-state index contributed by atoms with van der Waals surface area (Å²) < 4.78 is 19.3. The highest BCUT2D eigenvalue weighted by atomic mass is 127. The Hall–Kier alpha value is -1.57. The molecule has 4 atom stereocenters. The summed E-state index contributed by atoms with van der Waals surface area (Å²) in [5, 5.41) is 9.42. The average molecular weight is 447 g/mol. The minimum Gasteiger partial charge on any atom is -0.479 e. The maximum atomic E-state index is 11.5. The molecular formula is C13H14IN5O5. The van der Waals surface area contributed by atoms with Crippen LogP contribution in [-0.2, 0) is 19.0 Å². The van der Waals surface area contributed by atoms with Gasteiger partial charge in [0.15, 0.2) is 33.4 Å². The summed E-state index contributed by atoms with van der Waals surface area (Å²) in [6.07, 6.45) is -1.72. The maximum absolute atomic E-state index is 11.5. The van der Waals surface area contributed by atoms with Gasteiger partial charge in [-0.3, -0.25) is 4.57 Å². The molecule has 4 rings (SSSR count). The highest BCUT2D eigenvalue weighted by Crippen LogP contribution is 2.43. The van der Waals surface area contributed by atoms with Crippen molar-refractivity contribution in [2.24, 2.45) is 0 Å². The molecule has 0 amide bonds. The molecule has 0 saturated carbocycles. The van der Waals surface area contributed by atoms with Gasteiger partial charge in [-0.2, -0.15) is 0 Å². The van der Waals surface area contributed by atoms with E-state index in [1.54, 1.807) is 18.4 Å². The van der Waals surface area contributed by atoms with Gasteiger partial charge in [0.25, 0.3) is 0 Å². The van der Waals surface area contributed by atoms with Crippen LogP contribution in [0, 0.1) is 3.83 Å². The molecule has 0 aromatic carbocycles. The summed E-state index contributed by atoms with van der Waals surface area (Å²) in [6.45, 7) is 3.47. The van der Waals surface area contributed by atoms with E-state index in [0.29, 0.717) is 15.0 Å². The third-order valence-electron chi connectivity index (χ3n) is 3.97. The van der Waals surface area contributed by atoms with Crippen LogP contribution >= 0.6 is 22.6 Å². The van der Waals surface area contributed by atoms with Crippen molar-refractivity contribution in [3.05, 3.63) is 10.2 Å². The van der Waals surface area contributed by atoms with E-state index >= 15 is 0 Å². The lowest BCUT2D eigenvalue weighted by molar-refractivity contribution is -0.202. The Morgan fingerprint density at radius 1 is 1.38 bits per heavy atom. The SMILES string of the molecule is CC1(C)O[C@H]2[C@H](n3cnc4c(N)nc(I)nc43)OC(C(=O)O)[C@@H]2O1. The van der Waals surface area contributed by atoms with E-state index in [9.17, 15) is 9.90 Å². The van der Waals surface area contributed by atoms with Gasteiger partial charge in [0.05, 0.1) is 6.33 Å². The smallest absolute Gasteiger partial charge is 0.335 e. The van der Waals surface area contributed by atoms with Gasteiger partial charge in [-0.1, -0.05) is 0 Å². The number of anilines is 1. The van der Waals surface area contributed by atoms with Crippen molar-refractivity contribution < 1.29 is 24.1 Å². The number of halogens is 1. The van der Waals surface area contributed by atoms with Crippen LogP contribution in [0.1, 0.15) is 20.1 Å². The Kier molecular flexibility index (Phi) is 3.46. The minimum absolute atomic E-state index is 0.247.